The smallest absolute Gasteiger partial charge is 0.237 e. The minimum atomic E-state index is 0.118. The zero-order chi connectivity index (χ0) is 9.14. The van der Waals surface area contributed by atoms with Crippen molar-refractivity contribution in [3.63, 3.8) is 0 Å². The Morgan fingerprint density at radius 3 is 2.67 bits per heavy atom. The van der Waals surface area contributed by atoms with Gasteiger partial charge in [-0.15, -0.1) is 0 Å². The lowest BCUT2D eigenvalue weighted by Gasteiger charge is -2.19. The molecule has 1 fully saturated rings. The van der Waals surface area contributed by atoms with Gasteiger partial charge in [0.15, 0.2) is 0 Å². The summed E-state index contributed by atoms with van der Waals surface area (Å²) in [7, 11) is 2.01. The summed E-state index contributed by atoms with van der Waals surface area (Å²) in [4.78, 5) is 13.6. The molecular weight excluding hydrogens is 152 g/mol. The maximum Gasteiger partial charge on any atom is 0.237 e. The van der Waals surface area contributed by atoms with E-state index in [1.54, 1.807) is 0 Å². The van der Waals surface area contributed by atoms with Crippen LogP contribution in [-0.4, -0.2) is 36.5 Å². The molecule has 1 rings (SSSR count). The predicted molar refractivity (Wildman–Crippen MR) is 48.9 cm³/mol. The standard InChI is InChI=1S/C9H18N2O/c1-7(2)10-9(12)8-5-4-6-11(8)3/h7-8H,4-6H2,1-3H3,(H,10,12)/t8-/m0/s1. The van der Waals surface area contributed by atoms with E-state index in [-0.39, 0.29) is 18.0 Å². The van der Waals surface area contributed by atoms with Gasteiger partial charge >= 0.3 is 0 Å². The number of nitrogens with one attached hydrogen (secondary N) is 1. The summed E-state index contributed by atoms with van der Waals surface area (Å²) in [5.74, 6) is 0.185. The van der Waals surface area contributed by atoms with Crippen LogP contribution in [-0.2, 0) is 4.79 Å². The second-order valence-electron chi connectivity index (χ2n) is 3.80. The molecule has 1 amide bonds. The Bertz CT molecular complexity index is 168. The fraction of sp³-hybridized carbons (Fsp3) is 0.889. The van der Waals surface area contributed by atoms with E-state index in [1.165, 1.54) is 0 Å². The van der Waals surface area contributed by atoms with Crippen LogP contribution < -0.4 is 5.32 Å². The third-order valence-electron chi connectivity index (χ3n) is 2.25. The van der Waals surface area contributed by atoms with E-state index in [1.807, 2.05) is 20.9 Å². The van der Waals surface area contributed by atoms with Crippen molar-refractivity contribution in [1.29, 1.82) is 0 Å². The number of likely N-dealkylation sites (N-methyl/N-ethyl adjacent to an activating group) is 1. The Labute approximate surface area is 74.1 Å². The molecule has 1 aliphatic heterocycles. The number of hydrogen-bond donors (Lipinski definition) is 1. The fourth-order valence-corrected chi connectivity index (χ4v) is 1.62. The number of hydrogen-bond acceptors (Lipinski definition) is 2. The molecule has 1 saturated heterocycles. The van der Waals surface area contributed by atoms with Crippen molar-refractivity contribution in [3.05, 3.63) is 0 Å². The molecule has 0 radical (unpaired) electrons. The van der Waals surface area contributed by atoms with Crippen molar-refractivity contribution < 1.29 is 4.79 Å². The minimum Gasteiger partial charge on any atom is -0.353 e. The van der Waals surface area contributed by atoms with E-state index < -0.39 is 0 Å². The van der Waals surface area contributed by atoms with Crippen molar-refractivity contribution >= 4 is 5.91 Å². The molecule has 12 heavy (non-hydrogen) atoms. The Hall–Kier alpha value is -0.570. The van der Waals surface area contributed by atoms with Gasteiger partial charge in [-0.05, 0) is 40.3 Å². The van der Waals surface area contributed by atoms with Gasteiger partial charge in [-0.1, -0.05) is 0 Å². The van der Waals surface area contributed by atoms with E-state index in [9.17, 15) is 4.79 Å². The normalized spacial score (nSPS) is 24.8. The topological polar surface area (TPSA) is 32.3 Å². The van der Waals surface area contributed by atoms with E-state index in [0.29, 0.717) is 0 Å². The third-order valence-corrected chi connectivity index (χ3v) is 2.25. The lowest BCUT2D eigenvalue weighted by molar-refractivity contribution is -0.125. The highest BCUT2D eigenvalue weighted by atomic mass is 16.2. The number of rotatable bonds is 2. The highest BCUT2D eigenvalue weighted by Gasteiger charge is 2.27. The van der Waals surface area contributed by atoms with Gasteiger partial charge in [-0.2, -0.15) is 0 Å². The van der Waals surface area contributed by atoms with Crippen LogP contribution in [0.4, 0.5) is 0 Å². The molecule has 0 spiro atoms. The van der Waals surface area contributed by atoms with E-state index >= 15 is 0 Å². The van der Waals surface area contributed by atoms with Crippen molar-refractivity contribution in [2.75, 3.05) is 13.6 Å². The van der Waals surface area contributed by atoms with Gasteiger partial charge in [0.2, 0.25) is 5.91 Å². The number of nitrogens with zero attached hydrogens (tertiary/aromatic N) is 1. The van der Waals surface area contributed by atoms with Crippen molar-refractivity contribution in [3.8, 4) is 0 Å². The van der Waals surface area contributed by atoms with Gasteiger partial charge in [-0.3, -0.25) is 9.69 Å². The van der Waals surface area contributed by atoms with Crippen LogP contribution in [0.25, 0.3) is 0 Å². The molecule has 1 aliphatic rings. The van der Waals surface area contributed by atoms with Crippen molar-refractivity contribution in [1.82, 2.24) is 10.2 Å². The first-order chi connectivity index (χ1) is 5.61. The number of carbonyl (C=O) groups is 1. The Morgan fingerprint density at radius 2 is 2.25 bits per heavy atom. The molecular formula is C9H18N2O. The predicted octanol–water partition coefficient (Wildman–Crippen LogP) is 0.605. The zero-order valence-corrected chi connectivity index (χ0v) is 8.13. The zero-order valence-electron chi connectivity index (χ0n) is 8.13. The summed E-state index contributed by atoms with van der Waals surface area (Å²) < 4.78 is 0. The molecule has 0 aromatic carbocycles. The third kappa shape index (κ3) is 2.21. The highest BCUT2D eigenvalue weighted by Crippen LogP contribution is 2.14. The maximum absolute atomic E-state index is 11.5. The molecule has 0 aliphatic carbocycles. The largest absolute Gasteiger partial charge is 0.353 e. The van der Waals surface area contributed by atoms with Crippen LogP contribution in [0.1, 0.15) is 26.7 Å². The summed E-state index contributed by atoms with van der Waals surface area (Å²) >= 11 is 0. The maximum atomic E-state index is 11.5. The number of carbonyl (C=O) groups excluding carboxylic acids is 1. The van der Waals surface area contributed by atoms with Crippen LogP contribution in [0.3, 0.4) is 0 Å². The molecule has 0 bridgehead atoms. The van der Waals surface area contributed by atoms with Crippen LogP contribution in [0.2, 0.25) is 0 Å². The summed E-state index contributed by atoms with van der Waals surface area (Å²) in [6, 6.07) is 0.374. The SMILES string of the molecule is CC(C)NC(=O)[C@@H]1CCCN1C. The molecule has 0 saturated carbocycles. The first kappa shape index (κ1) is 9.52. The van der Waals surface area contributed by atoms with Crippen molar-refractivity contribution in [2.24, 2.45) is 0 Å². The minimum absolute atomic E-state index is 0.118. The molecule has 0 aromatic rings. The summed E-state index contributed by atoms with van der Waals surface area (Å²) in [6.45, 7) is 5.04. The van der Waals surface area contributed by atoms with Gasteiger partial charge in [0.25, 0.3) is 0 Å². The van der Waals surface area contributed by atoms with Gasteiger partial charge in [0.1, 0.15) is 0 Å². The molecule has 0 unspecified atom stereocenters. The summed E-state index contributed by atoms with van der Waals surface area (Å²) in [5.41, 5.74) is 0. The summed E-state index contributed by atoms with van der Waals surface area (Å²) in [5, 5.41) is 2.93. The van der Waals surface area contributed by atoms with E-state index in [4.69, 9.17) is 0 Å². The second-order valence-corrected chi connectivity index (χ2v) is 3.80. The quantitative estimate of drug-likeness (QED) is 0.658. The lowest BCUT2D eigenvalue weighted by Crippen LogP contribution is -2.43. The van der Waals surface area contributed by atoms with Crippen LogP contribution in [0.5, 0.6) is 0 Å². The molecule has 70 valence electrons. The number of amides is 1. The fourth-order valence-electron chi connectivity index (χ4n) is 1.62. The van der Waals surface area contributed by atoms with E-state index in [0.717, 1.165) is 19.4 Å². The van der Waals surface area contributed by atoms with Gasteiger partial charge in [0.05, 0.1) is 6.04 Å². The van der Waals surface area contributed by atoms with Crippen LogP contribution in [0.15, 0.2) is 0 Å². The van der Waals surface area contributed by atoms with Crippen LogP contribution >= 0.6 is 0 Å². The van der Waals surface area contributed by atoms with E-state index in [2.05, 4.69) is 10.2 Å². The average molecular weight is 170 g/mol. The Balaban J connectivity index is 2.41. The molecule has 3 nitrogen and oxygen atoms in total. The van der Waals surface area contributed by atoms with Crippen LogP contribution in [0, 0.1) is 0 Å². The Kier molecular flexibility index (Phi) is 3.09. The average Bonchev–Trinajstić information content (AvgIpc) is 2.33. The molecule has 1 heterocycles. The first-order valence-corrected chi connectivity index (χ1v) is 4.62. The van der Waals surface area contributed by atoms with Crippen molar-refractivity contribution in [2.45, 2.75) is 38.8 Å². The van der Waals surface area contributed by atoms with Gasteiger partial charge in [-0.25, -0.2) is 0 Å². The molecule has 1 N–H and O–H groups in total. The Morgan fingerprint density at radius 1 is 1.58 bits per heavy atom. The second kappa shape index (κ2) is 3.90. The molecule has 3 heteroatoms. The molecule has 0 aromatic heterocycles. The first-order valence-electron chi connectivity index (χ1n) is 4.62. The summed E-state index contributed by atoms with van der Waals surface area (Å²) in [6.07, 6.45) is 2.15. The van der Waals surface area contributed by atoms with Gasteiger partial charge in [0, 0.05) is 6.04 Å². The monoisotopic (exact) mass is 170 g/mol. The number of likely N-dealkylation sites (tertiary alicyclic amines) is 1. The van der Waals surface area contributed by atoms with Gasteiger partial charge < -0.3 is 5.32 Å². The lowest BCUT2D eigenvalue weighted by atomic mass is 10.2. The molecule has 1 atom stereocenters. The highest BCUT2D eigenvalue weighted by molar-refractivity contribution is 5.82.